The monoisotopic (exact) mass is 653 g/mol. The highest BCUT2D eigenvalue weighted by molar-refractivity contribution is 5.87. The third-order valence-electron chi connectivity index (χ3n) is 8.03. The molecule has 0 bridgehead atoms. The fourth-order valence-corrected chi connectivity index (χ4v) is 6.17. The summed E-state index contributed by atoms with van der Waals surface area (Å²) in [5.41, 5.74) is -8.84. The molecule has 4 heterocycles. The molecule has 2 aliphatic rings. The topological polar surface area (TPSA) is 38.2 Å². The van der Waals surface area contributed by atoms with Crippen LogP contribution in [0.5, 0.6) is 0 Å². The fraction of sp³-hybridized carbons (Fsp3) is 0.379. The Morgan fingerprint density at radius 1 is 0.622 bits per heavy atom. The number of hydrogen-bond acceptors (Lipinski definition) is 4. The zero-order valence-electron chi connectivity index (χ0n) is 22.5. The van der Waals surface area contributed by atoms with Crippen LogP contribution in [0, 0.1) is 0 Å². The van der Waals surface area contributed by atoms with E-state index in [0.29, 0.717) is 37.1 Å². The second-order valence-electron chi connectivity index (χ2n) is 10.8. The highest BCUT2D eigenvalue weighted by Gasteiger charge is 2.48. The smallest absolute Gasteiger partial charge is 0.349 e. The first-order valence-corrected chi connectivity index (χ1v) is 13.4. The average molecular weight is 653 g/mol. The largest absolute Gasteiger partial charge is 0.433 e. The van der Waals surface area contributed by atoms with Crippen LogP contribution < -0.4 is 0 Å². The van der Waals surface area contributed by atoms with E-state index in [9.17, 15) is 52.7 Å². The summed E-state index contributed by atoms with van der Waals surface area (Å²) in [7, 11) is 0. The highest BCUT2D eigenvalue weighted by atomic mass is 19.4. The number of aromatic nitrogens is 2. The predicted octanol–water partition coefficient (Wildman–Crippen LogP) is 9.48. The predicted molar refractivity (Wildman–Crippen MR) is 134 cm³/mol. The second kappa shape index (κ2) is 10.4. The summed E-state index contributed by atoms with van der Waals surface area (Å²) in [5, 5.41) is -0.647. The van der Waals surface area contributed by atoms with Crippen LogP contribution in [0.15, 0.2) is 48.5 Å². The maximum atomic E-state index is 14.0. The number of pyridine rings is 2. The molecule has 0 spiro atoms. The number of alkyl halides is 12. The Hall–Kier alpha value is -3.66. The van der Waals surface area contributed by atoms with E-state index in [1.165, 1.54) is 4.90 Å². The summed E-state index contributed by atoms with van der Waals surface area (Å²) < 4.78 is 173. The van der Waals surface area contributed by atoms with E-state index < -0.39 is 76.6 Å². The van der Waals surface area contributed by atoms with Crippen LogP contribution >= 0.6 is 0 Å². The third kappa shape index (κ3) is 5.55. The number of benzene rings is 2. The number of rotatable bonds is 2. The van der Waals surface area contributed by atoms with E-state index in [1.54, 1.807) is 0 Å². The molecule has 0 N–H and O–H groups in total. The molecule has 240 valence electrons. The lowest BCUT2D eigenvalue weighted by Crippen LogP contribution is -2.38. The van der Waals surface area contributed by atoms with Crippen LogP contribution in [0.3, 0.4) is 0 Å². The van der Waals surface area contributed by atoms with E-state index in [-0.39, 0.29) is 34.9 Å². The minimum atomic E-state index is -5.18. The maximum absolute atomic E-state index is 14.0. The lowest BCUT2D eigenvalue weighted by molar-refractivity contribution is -0.142. The average Bonchev–Trinajstić information content (AvgIpc) is 3.32. The van der Waals surface area contributed by atoms with Gasteiger partial charge in [-0.1, -0.05) is 30.7 Å². The van der Waals surface area contributed by atoms with Gasteiger partial charge in [0.05, 0.1) is 22.2 Å². The van der Waals surface area contributed by atoms with Crippen molar-refractivity contribution >= 4 is 21.8 Å². The molecule has 0 unspecified atom stereocenters. The van der Waals surface area contributed by atoms with Gasteiger partial charge in [-0.25, -0.2) is 9.97 Å². The van der Waals surface area contributed by atoms with Gasteiger partial charge in [0.25, 0.3) is 0 Å². The summed E-state index contributed by atoms with van der Waals surface area (Å²) in [6.07, 6.45) is -22.2. The first kappa shape index (κ1) is 31.3. The van der Waals surface area contributed by atoms with Crippen molar-refractivity contribution in [1.29, 1.82) is 0 Å². The molecule has 2 aromatic carbocycles. The third-order valence-corrected chi connectivity index (χ3v) is 8.03. The molecule has 4 nitrogen and oxygen atoms in total. The highest BCUT2D eigenvalue weighted by Crippen LogP contribution is 2.51. The fourth-order valence-electron chi connectivity index (χ4n) is 6.17. The number of para-hydroxylation sites is 2. The van der Waals surface area contributed by atoms with Crippen molar-refractivity contribution < 1.29 is 57.4 Å². The summed E-state index contributed by atoms with van der Waals surface area (Å²) in [6, 6.07) is 5.62. The van der Waals surface area contributed by atoms with Crippen molar-refractivity contribution in [2.45, 2.75) is 62.3 Å². The van der Waals surface area contributed by atoms with Crippen molar-refractivity contribution in [3.8, 4) is 0 Å². The van der Waals surface area contributed by atoms with Crippen molar-refractivity contribution in [2.75, 3.05) is 6.54 Å². The van der Waals surface area contributed by atoms with Crippen LogP contribution in [0.2, 0.25) is 0 Å². The first-order valence-electron chi connectivity index (χ1n) is 13.4. The van der Waals surface area contributed by atoms with Crippen molar-refractivity contribution in [2.24, 2.45) is 0 Å². The molecule has 0 amide bonds. The normalized spacial score (nSPS) is 21.9. The molecule has 3 atom stereocenters. The Morgan fingerprint density at radius 3 is 1.60 bits per heavy atom. The molecule has 16 heteroatoms. The molecule has 45 heavy (non-hydrogen) atoms. The maximum Gasteiger partial charge on any atom is 0.433 e. The van der Waals surface area contributed by atoms with Gasteiger partial charge in [0.1, 0.15) is 23.7 Å². The summed E-state index contributed by atoms with van der Waals surface area (Å²) in [5.74, 6) is 0. The van der Waals surface area contributed by atoms with Crippen LogP contribution in [0.4, 0.5) is 52.7 Å². The summed E-state index contributed by atoms with van der Waals surface area (Å²) in [4.78, 5) is 8.09. The standard InChI is InChI=1S/C29H19F12N3O/c30-26(31,32)17-7-3-5-13-15(11-20(28(36,37)38)42-22(13)17)24-19-9-1-2-10-44(19)25(45-24)16-12-21(29(39,40)41)43-23-14(16)6-4-8-18(23)27(33,34)35/h3-8,11-12,19,24-25H,1-2,9-10H2/t19-,24+,25-/m0/s1. The number of hydrogen-bond donors (Lipinski definition) is 0. The van der Waals surface area contributed by atoms with Gasteiger partial charge in [0.15, 0.2) is 0 Å². The van der Waals surface area contributed by atoms with Crippen molar-refractivity contribution in [1.82, 2.24) is 14.9 Å². The van der Waals surface area contributed by atoms with Gasteiger partial charge < -0.3 is 4.74 Å². The molecule has 2 aromatic heterocycles. The number of halogens is 12. The van der Waals surface area contributed by atoms with Gasteiger partial charge in [0, 0.05) is 28.9 Å². The van der Waals surface area contributed by atoms with Crippen molar-refractivity contribution in [3.63, 3.8) is 0 Å². The Kier molecular flexibility index (Phi) is 7.27. The van der Waals surface area contributed by atoms with Gasteiger partial charge in [-0.05, 0) is 42.7 Å². The molecule has 0 saturated carbocycles. The molecule has 2 saturated heterocycles. The summed E-state index contributed by atoms with van der Waals surface area (Å²) in [6.45, 7) is 0.138. The Labute approximate surface area is 245 Å². The van der Waals surface area contributed by atoms with Gasteiger partial charge in [-0.3, -0.25) is 4.90 Å². The second-order valence-corrected chi connectivity index (χ2v) is 10.8. The molecular formula is C29H19F12N3O. The van der Waals surface area contributed by atoms with E-state index >= 15 is 0 Å². The van der Waals surface area contributed by atoms with Crippen LogP contribution in [-0.4, -0.2) is 27.5 Å². The number of fused-ring (bicyclic) bond motifs is 3. The van der Waals surface area contributed by atoms with E-state index in [2.05, 4.69) is 9.97 Å². The van der Waals surface area contributed by atoms with Gasteiger partial charge in [-0.2, -0.15) is 52.7 Å². The molecule has 4 aromatic rings. The lowest BCUT2D eigenvalue weighted by atomic mass is 9.91. The lowest BCUT2D eigenvalue weighted by Gasteiger charge is -2.33. The van der Waals surface area contributed by atoms with Crippen LogP contribution in [0.1, 0.15) is 65.2 Å². The zero-order valence-corrected chi connectivity index (χ0v) is 22.5. The summed E-state index contributed by atoms with van der Waals surface area (Å²) >= 11 is 0. The minimum Gasteiger partial charge on any atom is -0.349 e. The molecular weight excluding hydrogens is 634 g/mol. The molecule has 0 radical (unpaired) electrons. The molecule has 2 aliphatic heterocycles. The number of piperidine rings is 1. The van der Waals surface area contributed by atoms with Crippen molar-refractivity contribution in [3.05, 3.63) is 82.2 Å². The van der Waals surface area contributed by atoms with Gasteiger partial charge in [0.2, 0.25) is 0 Å². The Morgan fingerprint density at radius 2 is 1.11 bits per heavy atom. The van der Waals surface area contributed by atoms with E-state index in [0.717, 1.165) is 24.3 Å². The molecule has 0 aliphatic carbocycles. The minimum absolute atomic E-state index is 0.138. The Balaban J connectivity index is 1.59. The molecule has 6 rings (SSSR count). The SMILES string of the molecule is FC(F)(F)c1cc([C@H]2O[C@@H](c3cc(C(F)(F)F)nc4c(C(F)(F)F)cccc34)N3CCCC[C@@H]23)c2cccc(C(F)(F)F)c2n1. The van der Waals surface area contributed by atoms with Gasteiger partial charge >= 0.3 is 24.7 Å². The van der Waals surface area contributed by atoms with Gasteiger partial charge in [-0.15, -0.1) is 0 Å². The van der Waals surface area contributed by atoms with E-state index in [1.807, 2.05) is 0 Å². The zero-order chi connectivity index (χ0) is 32.7. The van der Waals surface area contributed by atoms with E-state index in [4.69, 9.17) is 4.74 Å². The number of ether oxygens (including phenoxy) is 1. The quantitative estimate of drug-likeness (QED) is 0.202. The Bertz CT molecular complexity index is 1650. The first-order chi connectivity index (χ1) is 20.9. The molecule has 2 fully saturated rings. The number of nitrogens with zero attached hydrogens (tertiary/aromatic N) is 3. The van der Waals surface area contributed by atoms with Crippen LogP contribution in [-0.2, 0) is 29.4 Å². The van der Waals surface area contributed by atoms with Crippen LogP contribution in [0.25, 0.3) is 21.8 Å².